The molecule has 0 unspecified atom stereocenters. The summed E-state index contributed by atoms with van der Waals surface area (Å²) in [6.07, 6.45) is 6.79. The molecule has 4 rings (SSSR count). The number of esters is 1. The van der Waals surface area contributed by atoms with Crippen LogP contribution in [0.15, 0.2) is 24.3 Å². The summed E-state index contributed by atoms with van der Waals surface area (Å²) in [7, 11) is 0. The summed E-state index contributed by atoms with van der Waals surface area (Å²) >= 11 is 7.49. The number of carbonyl (C=O) groups excluding carboxylic acids is 1. The number of nitrogens with one attached hydrogen (secondary N) is 1. The van der Waals surface area contributed by atoms with Gasteiger partial charge in [-0.1, -0.05) is 42.7 Å². The van der Waals surface area contributed by atoms with Gasteiger partial charge in [-0.05, 0) is 62.9 Å². The molecule has 2 aromatic rings. The topological polar surface area (TPSA) is 44.8 Å². The van der Waals surface area contributed by atoms with Crippen LogP contribution in [0.4, 0.5) is 5.00 Å². The zero-order valence-corrected chi connectivity index (χ0v) is 21.5. The predicted octanol–water partition coefficient (Wildman–Crippen LogP) is 5.41. The van der Waals surface area contributed by atoms with Crippen LogP contribution in [0.1, 0.15) is 64.5 Å². The zero-order chi connectivity index (χ0) is 23.2. The Kier molecular flexibility index (Phi) is 8.39. The molecule has 33 heavy (non-hydrogen) atoms. The normalized spacial score (nSPS) is 17.1. The van der Waals surface area contributed by atoms with Gasteiger partial charge in [-0.3, -0.25) is 4.90 Å². The van der Waals surface area contributed by atoms with Crippen LogP contribution in [0.2, 0.25) is 0 Å². The zero-order valence-electron chi connectivity index (χ0n) is 19.8. The molecule has 1 N–H and O–H groups in total. The third kappa shape index (κ3) is 6.14. The van der Waals surface area contributed by atoms with Crippen LogP contribution in [0, 0.1) is 6.92 Å². The molecule has 1 fully saturated rings. The van der Waals surface area contributed by atoms with Gasteiger partial charge >= 0.3 is 5.97 Å². The van der Waals surface area contributed by atoms with Crippen molar-refractivity contribution in [3.63, 3.8) is 0 Å². The Hall–Kier alpha value is -1.96. The van der Waals surface area contributed by atoms with Crippen molar-refractivity contribution < 1.29 is 9.53 Å². The standard InChI is InChI=1S/C26H35N3O2S2/c1-3-31-25(30)23-21-8-6-4-5-7-9-22(21)33-24(23)27-26(32)29-16-14-28(15-17-29)18-20-12-10-19(2)11-13-20/h10-13H,3-9,14-18H2,1-2H3,(H,27,32). The number of piperazine rings is 1. The van der Waals surface area contributed by atoms with Crippen LogP contribution in [0.3, 0.4) is 0 Å². The van der Waals surface area contributed by atoms with Crippen molar-refractivity contribution in [1.82, 2.24) is 9.80 Å². The van der Waals surface area contributed by atoms with Crippen molar-refractivity contribution in [3.8, 4) is 0 Å². The van der Waals surface area contributed by atoms with Gasteiger partial charge in [0, 0.05) is 37.6 Å². The molecule has 0 atom stereocenters. The van der Waals surface area contributed by atoms with Gasteiger partial charge in [0.1, 0.15) is 5.00 Å². The Bertz CT molecular complexity index is 963. The van der Waals surface area contributed by atoms with E-state index in [1.54, 1.807) is 11.3 Å². The van der Waals surface area contributed by atoms with Crippen LogP contribution >= 0.6 is 23.6 Å². The van der Waals surface area contributed by atoms with E-state index in [4.69, 9.17) is 17.0 Å². The summed E-state index contributed by atoms with van der Waals surface area (Å²) in [5.41, 5.74) is 4.55. The highest BCUT2D eigenvalue weighted by Gasteiger charge is 2.27. The van der Waals surface area contributed by atoms with E-state index >= 15 is 0 Å². The molecule has 0 radical (unpaired) electrons. The largest absolute Gasteiger partial charge is 0.462 e. The van der Waals surface area contributed by atoms with Gasteiger partial charge in [-0.2, -0.15) is 0 Å². The van der Waals surface area contributed by atoms with E-state index in [0.29, 0.717) is 11.7 Å². The molecule has 1 saturated heterocycles. The van der Waals surface area contributed by atoms with E-state index in [2.05, 4.69) is 46.3 Å². The fourth-order valence-corrected chi connectivity index (χ4v) is 6.29. The van der Waals surface area contributed by atoms with Crippen LogP contribution in [-0.2, 0) is 24.1 Å². The van der Waals surface area contributed by atoms with E-state index in [0.717, 1.165) is 62.6 Å². The number of aryl methyl sites for hydroxylation is 2. The minimum atomic E-state index is -0.219. The lowest BCUT2D eigenvalue weighted by atomic mass is 9.96. The van der Waals surface area contributed by atoms with Crippen molar-refractivity contribution in [1.29, 1.82) is 0 Å². The molecule has 5 nitrogen and oxygen atoms in total. The molecular formula is C26H35N3O2S2. The maximum absolute atomic E-state index is 12.9. The number of hydrogen-bond donors (Lipinski definition) is 1. The van der Waals surface area contributed by atoms with Crippen LogP contribution in [0.5, 0.6) is 0 Å². The number of rotatable bonds is 5. The van der Waals surface area contributed by atoms with Gasteiger partial charge < -0.3 is 15.0 Å². The summed E-state index contributed by atoms with van der Waals surface area (Å²) in [5.74, 6) is -0.219. The van der Waals surface area contributed by atoms with Crippen molar-refractivity contribution in [2.45, 2.75) is 58.9 Å². The SMILES string of the molecule is CCOC(=O)c1c(NC(=S)N2CCN(Cc3ccc(C)cc3)CC2)sc2c1CCCCCC2. The summed E-state index contributed by atoms with van der Waals surface area (Å²) in [5, 5.41) is 5.03. The quantitative estimate of drug-likeness (QED) is 0.451. The molecule has 0 spiro atoms. The first kappa shape index (κ1) is 24.2. The average molecular weight is 486 g/mol. The number of anilines is 1. The Morgan fingerprint density at radius 1 is 1.06 bits per heavy atom. The fourth-order valence-electron chi connectivity index (χ4n) is 4.66. The highest BCUT2D eigenvalue weighted by Crippen LogP contribution is 2.37. The first-order valence-corrected chi connectivity index (χ1v) is 13.4. The first-order chi connectivity index (χ1) is 16.0. The lowest BCUT2D eigenvalue weighted by Gasteiger charge is -2.36. The molecule has 0 bridgehead atoms. The summed E-state index contributed by atoms with van der Waals surface area (Å²) in [6.45, 7) is 9.06. The Morgan fingerprint density at radius 3 is 2.45 bits per heavy atom. The molecule has 2 aliphatic rings. The first-order valence-electron chi connectivity index (χ1n) is 12.2. The molecule has 1 aliphatic heterocycles. The molecule has 1 aromatic carbocycles. The van der Waals surface area contributed by atoms with E-state index in [-0.39, 0.29) is 5.97 Å². The third-order valence-corrected chi connectivity index (χ3v) is 8.13. The molecule has 7 heteroatoms. The molecule has 0 saturated carbocycles. The highest BCUT2D eigenvalue weighted by atomic mass is 32.1. The molecule has 178 valence electrons. The smallest absolute Gasteiger partial charge is 0.341 e. The molecule has 1 aliphatic carbocycles. The lowest BCUT2D eigenvalue weighted by molar-refractivity contribution is 0.0526. The molecule has 0 amide bonds. The van der Waals surface area contributed by atoms with E-state index in [1.807, 2.05) is 6.92 Å². The number of hydrogen-bond acceptors (Lipinski definition) is 5. The Balaban J connectivity index is 1.41. The molecular weight excluding hydrogens is 450 g/mol. The number of thiophene rings is 1. The number of thiocarbonyl (C=S) groups is 1. The van der Waals surface area contributed by atoms with Crippen molar-refractivity contribution in [2.75, 3.05) is 38.1 Å². The van der Waals surface area contributed by atoms with E-state index in [9.17, 15) is 4.79 Å². The monoisotopic (exact) mass is 485 g/mol. The third-order valence-electron chi connectivity index (χ3n) is 6.56. The fraction of sp³-hybridized carbons (Fsp3) is 0.538. The van der Waals surface area contributed by atoms with Gasteiger partial charge in [0.05, 0.1) is 12.2 Å². The number of nitrogens with zero attached hydrogens (tertiary/aromatic N) is 2. The Labute approximate surface area is 207 Å². The van der Waals surface area contributed by atoms with Crippen molar-refractivity contribution in [2.24, 2.45) is 0 Å². The lowest BCUT2D eigenvalue weighted by Crippen LogP contribution is -2.49. The summed E-state index contributed by atoms with van der Waals surface area (Å²) in [6, 6.07) is 8.79. The number of fused-ring (bicyclic) bond motifs is 1. The maximum atomic E-state index is 12.9. The highest BCUT2D eigenvalue weighted by molar-refractivity contribution is 7.80. The number of benzene rings is 1. The van der Waals surface area contributed by atoms with Crippen molar-refractivity contribution >= 4 is 39.6 Å². The molecule has 2 heterocycles. The second-order valence-corrected chi connectivity index (χ2v) is 10.5. The second kappa shape index (κ2) is 11.4. The Morgan fingerprint density at radius 2 is 1.76 bits per heavy atom. The van der Waals surface area contributed by atoms with E-state index < -0.39 is 0 Å². The number of ether oxygens (including phenoxy) is 1. The van der Waals surface area contributed by atoms with Gasteiger partial charge in [0.2, 0.25) is 0 Å². The van der Waals surface area contributed by atoms with Crippen LogP contribution < -0.4 is 5.32 Å². The van der Waals surface area contributed by atoms with Gasteiger partial charge in [-0.25, -0.2) is 4.79 Å². The average Bonchev–Trinajstić information content (AvgIpc) is 3.12. The predicted molar refractivity (Wildman–Crippen MR) is 140 cm³/mol. The van der Waals surface area contributed by atoms with Gasteiger partial charge in [0.25, 0.3) is 0 Å². The van der Waals surface area contributed by atoms with Crippen molar-refractivity contribution in [3.05, 3.63) is 51.4 Å². The molecule has 1 aromatic heterocycles. The minimum Gasteiger partial charge on any atom is -0.462 e. The summed E-state index contributed by atoms with van der Waals surface area (Å²) in [4.78, 5) is 18.9. The minimum absolute atomic E-state index is 0.219. The van der Waals surface area contributed by atoms with Gasteiger partial charge in [0.15, 0.2) is 5.11 Å². The van der Waals surface area contributed by atoms with E-state index in [1.165, 1.54) is 40.8 Å². The van der Waals surface area contributed by atoms with Crippen LogP contribution in [0.25, 0.3) is 0 Å². The van der Waals surface area contributed by atoms with Crippen LogP contribution in [-0.4, -0.2) is 53.7 Å². The summed E-state index contributed by atoms with van der Waals surface area (Å²) < 4.78 is 5.43. The second-order valence-electron chi connectivity index (χ2n) is 9.02. The van der Waals surface area contributed by atoms with Gasteiger partial charge in [-0.15, -0.1) is 11.3 Å². The maximum Gasteiger partial charge on any atom is 0.341 e. The number of carbonyl (C=O) groups is 1.